The quantitative estimate of drug-likeness (QED) is 0.177. The van der Waals surface area contributed by atoms with Gasteiger partial charge in [-0.25, -0.2) is 9.97 Å². The van der Waals surface area contributed by atoms with Gasteiger partial charge in [0.2, 0.25) is 0 Å². The van der Waals surface area contributed by atoms with Crippen LogP contribution in [-0.4, -0.2) is 23.1 Å². The first-order valence-corrected chi connectivity index (χ1v) is 15.4. The summed E-state index contributed by atoms with van der Waals surface area (Å²) in [5.74, 6) is 3.65. The minimum absolute atomic E-state index is 0.552. The lowest BCUT2D eigenvalue weighted by molar-refractivity contribution is 0.281. The zero-order valence-electron chi connectivity index (χ0n) is 24.9. The highest BCUT2D eigenvalue weighted by molar-refractivity contribution is 5.93. The monoisotopic (exact) mass is 568 g/mol. The molecule has 1 aliphatic carbocycles. The van der Waals surface area contributed by atoms with E-state index in [0.717, 1.165) is 52.3 Å². The van der Waals surface area contributed by atoms with Crippen molar-refractivity contribution in [2.75, 3.05) is 18.4 Å². The Labute approximate surface area is 254 Å². The third kappa shape index (κ3) is 7.49. The fourth-order valence-corrected chi connectivity index (χ4v) is 5.91. The third-order valence-electron chi connectivity index (χ3n) is 8.43. The average Bonchev–Trinajstić information content (AvgIpc) is 3.06. The zero-order chi connectivity index (χ0) is 29.4. The van der Waals surface area contributed by atoms with Crippen molar-refractivity contribution < 1.29 is 4.74 Å². The Morgan fingerprint density at radius 1 is 0.837 bits per heavy atom. The van der Waals surface area contributed by atoms with Crippen molar-refractivity contribution in [2.24, 2.45) is 17.6 Å². The molecule has 2 unspecified atom stereocenters. The number of nitrogens with zero attached hydrogens (tertiary/aromatic N) is 2. The van der Waals surface area contributed by atoms with Gasteiger partial charge in [-0.15, -0.1) is 0 Å². The summed E-state index contributed by atoms with van der Waals surface area (Å²) in [5, 5.41) is 4.76. The van der Waals surface area contributed by atoms with Crippen molar-refractivity contribution in [1.82, 2.24) is 9.97 Å². The van der Waals surface area contributed by atoms with Crippen LogP contribution in [0.5, 0.6) is 5.75 Å². The molecule has 1 heterocycles. The van der Waals surface area contributed by atoms with E-state index in [1.54, 1.807) is 0 Å². The van der Waals surface area contributed by atoms with Crippen LogP contribution in [0.3, 0.4) is 0 Å². The van der Waals surface area contributed by atoms with Crippen molar-refractivity contribution in [2.45, 2.75) is 39.2 Å². The number of hydrogen-bond donors (Lipinski definition) is 2. The molecule has 1 saturated carbocycles. The standard InChI is InChI=1S/C38H40N4O/c1-27-10-15-32(16-11-27)33-17-20-36-35(23-33)38(40-25-31-9-5-8-30(22-31)24-39)42-37(41-36)21-14-28-12-18-34(19-13-28)43-26-29-6-3-2-4-7-29/h2-4,6-7,10-21,23,30-31H,5,8-9,22,24-26,39H2,1H3,(H,40,41,42). The topological polar surface area (TPSA) is 73.1 Å². The van der Waals surface area contributed by atoms with Crippen molar-refractivity contribution in [3.05, 3.63) is 120 Å². The van der Waals surface area contributed by atoms with Crippen molar-refractivity contribution in [3.63, 3.8) is 0 Å². The number of fused-ring (bicyclic) bond motifs is 1. The van der Waals surface area contributed by atoms with Gasteiger partial charge in [0, 0.05) is 11.9 Å². The number of anilines is 1. The van der Waals surface area contributed by atoms with Crippen LogP contribution in [0.15, 0.2) is 97.1 Å². The van der Waals surface area contributed by atoms with Crippen molar-refractivity contribution >= 4 is 28.9 Å². The minimum Gasteiger partial charge on any atom is -0.489 e. The van der Waals surface area contributed by atoms with E-state index in [2.05, 4.69) is 85.0 Å². The molecule has 1 fully saturated rings. The molecule has 5 nitrogen and oxygen atoms in total. The van der Waals surface area contributed by atoms with Crippen LogP contribution in [0.25, 0.3) is 34.2 Å². The van der Waals surface area contributed by atoms with Gasteiger partial charge in [-0.3, -0.25) is 0 Å². The molecule has 5 heteroatoms. The molecule has 43 heavy (non-hydrogen) atoms. The van der Waals surface area contributed by atoms with Gasteiger partial charge in [-0.2, -0.15) is 0 Å². The van der Waals surface area contributed by atoms with E-state index in [9.17, 15) is 0 Å². The third-order valence-corrected chi connectivity index (χ3v) is 8.43. The Morgan fingerprint density at radius 3 is 2.40 bits per heavy atom. The molecule has 218 valence electrons. The zero-order valence-corrected chi connectivity index (χ0v) is 24.9. The molecule has 5 aromatic rings. The number of nitrogens with one attached hydrogen (secondary N) is 1. The fraction of sp³-hybridized carbons (Fsp3) is 0.263. The summed E-state index contributed by atoms with van der Waals surface area (Å²) >= 11 is 0. The maximum absolute atomic E-state index is 6.02. The summed E-state index contributed by atoms with van der Waals surface area (Å²) < 4.78 is 5.95. The lowest BCUT2D eigenvalue weighted by Gasteiger charge is -2.28. The fourth-order valence-electron chi connectivity index (χ4n) is 5.91. The van der Waals surface area contributed by atoms with Gasteiger partial charge in [-0.05, 0) is 97.2 Å². The Bertz CT molecular complexity index is 1660. The van der Waals surface area contributed by atoms with Crippen LogP contribution in [0.1, 0.15) is 48.2 Å². The summed E-state index contributed by atoms with van der Waals surface area (Å²) in [6.45, 7) is 4.34. The lowest BCUT2D eigenvalue weighted by Crippen LogP contribution is -2.26. The van der Waals surface area contributed by atoms with Crippen molar-refractivity contribution in [3.8, 4) is 16.9 Å². The Kier molecular flexibility index (Phi) is 9.10. The van der Waals surface area contributed by atoms with Crippen LogP contribution in [-0.2, 0) is 6.61 Å². The molecule has 0 saturated heterocycles. The number of hydrogen-bond acceptors (Lipinski definition) is 5. The Morgan fingerprint density at radius 2 is 1.60 bits per heavy atom. The highest BCUT2D eigenvalue weighted by atomic mass is 16.5. The smallest absolute Gasteiger partial charge is 0.154 e. The minimum atomic E-state index is 0.552. The first kappa shape index (κ1) is 28.6. The number of rotatable bonds is 10. The number of aryl methyl sites for hydroxylation is 1. The van der Waals surface area contributed by atoms with E-state index in [0.29, 0.717) is 24.3 Å². The summed E-state index contributed by atoms with van der Waals surface area (Å²) in [5.41, 5.74) is 12.8. The van der Waals surface area contributed by atoms with Crippen LogP contribution in [0, 0.1) is 18.8 Å². The Balaban J connectivity index is 1.23. The molecule has 0 bridgehead atoms. The van der Waals surface area contributed by atoms with Crippen LogP contribution in [0.4, 0.5) is 5.82 Å². The van der Waals surface area contributed by atoms with E-state index in [1.807, 2.05) is 36.4 Å². The molecule has 1 aliphatic rings. The van der Waals surface area contributed by atoms with E-state index in [-0.39, 0.29) is 0 Å². The van der Waals surface area contributed by atoms with Gasteiger partial charge in [-0.1, -0.05) is 90.9 Å². The van der Waals surface area contributed by atoms with Gasteiger partial charge in [0.1, 0.15) is 18.2 Å². The molecule has 0 radical (unpaired) electrons. The summed E-state index contributed by atoms with van der Waals surface area (Å²) in [4.78, 5) is 9.93. The van der Waals surface area contributed by atoms with E-state index < -0.39 is 0 Å². The Hall–Kier alpha value is -4.48. The summed E-state index contributed by atoms with van der Waals surface area (Å²) in [6.07, 6.45) is 8.96. The second-order valence-electron chi connectivity index (χ2n) is 11.7. The number of nitrogens with two attached hydrogens (primary N) is 1. The normalized spacial score (nSPS) is 16.9. The first-order chi connectivity index (χ1) is 21.1. The molecular weight excluding hydrogens is 528 g/mol. The number of ether oxygens (including phenoxy) is 1. The predicted octanol–water partition coefficient (Wildman–Crippen LogP) is 8.53. The molecule has 6 rings (SSSR count). The highest BCUT2D eigenvalue weighted by Gasteiger charge is 2.21. The highest BCUT2D eigenvalue weighted by Crippen LogP contribution is 2.31. The maximum atomic E-state index is 6.02. The van der Waals surface area contributed by atoms with Crippen LogP contribution < -0.4 is 15.8 Å². The van der Waals surface area contributed by atoms with Crippen molar-refractivity contribution in [1.29, 1.82) is 0 Å². The lowest BCUT2D eigenvalue weighted by atomic mass is 9.81. The van der Waals surface area contributed by atoms with Gasteiger partial charge in [0.15, 0.2) is 5.82 Å². The SMILES string of the molecule is Cc1ccc(-c2ccc3nc(C=Cc4ccc(OCc5ccccc5)cc4)nc(NCC4CCCC(CN)C4)c3c2)cc1. The molecule has 4 aromatic carbocycles. The van der Waals surface area contributed by atoms with Gasteiger partial charge < -0.3 is 15.8 Å². The molecule has 2 atom stereocenters. The second kappa shape index (κ2) is 13.7. The molecule has 0 spiro atoms. The second-order valence-corrected chi connectivity index (χ2v) is 11.7. The molecule has 0 aliphatic heterocycles. The van der Waals surface area contributed by atoms with E-state index in [4.69, 9.17) is 20.4 Å². The molecule has 1 aromatic heterocycles. The summed E-state index contributed by atoms with van der Waals surface area (Å²) in [7, 11) is 0. The maximum Gasteiger partial charge on any atom is 0.154 e. The average molecular weight is 569 g/mol. The van der Waals surface area contributed by atoms with Crippen LogP contribution in [0.2, 0.25) is 0 Å². The van der Waals surface area contributed by atoms with Gasteiger partial charge in [0.05, 0.1) is 5.52 Å². The van der Waals surface area contributed by atoms with E-state index >= 15 is 0 Å². The molecular formula is C38H40N4O. The number of benzene rings is 4. The first-order valence-electron chi connectivity index (χ1n) is 15.4. The molecule has 3 N–H and O–H groups in total. The van der Waals surface area contributed by atoms with Crippen LogP contribution >= 0.6 is 0 Å². The van der Waals surface area contributed by atoms with E-state index in [1.165, 1.54) is 36.8 Å². The predicted molar refractivity (Wildman–Crippen MR) is 179 cm³/mol. The summed E-state index contributed by atoms with van der Waals surface area (Å²) in [6, 6.07) is 33.5. The number of aromatic nitrogens is 2. The molecule has 0 amide bonds. The van der Waals surface area contributed by atoms with Gasteiger partial charge in [0.25, 0.3) is 0 Å². The largest absolute Gasteiger partial charge is 0.489 e. The van der Waals surface area contributed by atoms with Gasteiger partial charge >= 0.3 is 0 Å².